The van der Waals surface area contributed by atoms with Crippen LogP contribution >= 0.6 is 24.0 Å². The number of furan rings is 1. The third kappa shape index (κ3) is 4.37. The molecule has 0 unspecified atom stereocenters. The van der Waals surface area contributed by atoms with E-state index in [-0.39, 0.29) is 29.7 Å². The Labute approximate surface area is 149 Å². The van der Waals surface area contributed by atoms with Gasteiger partial charge in [-0.2, -0.15) is 0 Å². The third-order valence-electron chi connectivity index (χ3n) is 3.64. The molecule has 6 nitrogen and oxygen atoms in total. The van der Waals surface area contributed by atoms with Crippen molar-refractivity contribution in [3.05, 3.63) is 24.2 Å². The molecule has 0 aliphatic carbocycles. The summed E-state index contributed by atoms with van der Waals surface area (Å²) in [5, 5.41) is 3.22. The molecule has 0 saturated carbocycles. The summed E-state index contributed by atoms with van der Waals surface area (Å²) in [5.74, 6) is 1.68. The van der Waals surface area contributed by atoms with Gasteiger partial charge in [-0.25, -0.2) is 13.4 Å². The summed E-state index contributed by atoms with van der Waals surface area (Å²) >= 11 is 0. The maximum absolute atomic E-state index is 12.1. The molecule has 8 heteroatoms. The molecule has 1 aliphatic rings. The zero-order valence-electron chi connectivity index (χ0n) is 13.2. The number of hydrogen-bond acceptors (Lipinski definition) is 4. The van der Waals surface area contributed by atoms with Gasteiger partial charge in [0.2, 0.25) is 0 Å². The lowest BCUT2D eigenvalue weighted by Gasteiger charge is -2.39. The molecule has 1 fully saturated rings. The van der Waals surface area contributed by atoms with Crippen LogP contribution in [-0.4, -0.2) is 49.4 Å². The molecule has 1 aromatic rings. The number of nitrogens with one attached hydrogen (secondary N) is 1. The predicted octanol–water partition coefficient (Wildman–Crippen LogP) is 1.87. The van der Waals surface area contributed by atoms with Crippen LogP contribution in [0.2, 0.25) is 0 Å². The van der Waals surface area contributed by atoms with Crippen molar-refractivity contribution in [3.8, 4) is 0 Å². The minimum Gasteiger partial charge on any atom is -0.467 e. The van der Waals surface area contributed by atoms with Gasteiger partial charge in [0.1, 0.15) is 12.3 Å². The largest absolute Gasteiger partial charge is 0.467 e. The van der Waals surface area contributed by atoms with Gasteiger partial charge in [0.25, 0.3) is 0 Å². The second-order valence-corrected chi connectivity index (χ2v) is 8.49. The first kappa shape index (κ1) is 19.3. The lowest BCUT2D eigenvalue weighted by molar-refractivity contribution is 0.352. The second-order valence-electron chi connectivity index (χ2n) is 5.75. The van der Waals surface area contributed by atoms with Gasteiger partial charge in [0.15, 0.2) is 15.8 Å². The Bertz CT molecular complexity index is 597. The SMILES string of the molecule is CCNC(=NCc1ccco1)N1CCS(=O)(=O)C(C)(C)C1.I. The molecule has 1 saturated heterocycles. The fourth-order valence-electron chi connectivity index (χ4n) is 2.31. The van der Waals surface area contributed by atoms with Crippen LogP contribution in [0.3, 0.4) is 0 Å². The van der Waals surface area contributed by atoms with Crippen molar-refractivity contribution in [3.63, 3.8) is 0 Å². The van der Waals surface area contributed by atoms with E-state index in [4.69, 9.17) is 4.42 Å². The van der Waals surface area contributed by atoms with Crippen LogP contribution in [0.25, 0.3) is 0 Å². The highest BCUT2D eigenvalue weighted by Gasteiger charge is 2.40. The molecule has 2 rings (SSSR count). The molecule has 2 heterocycles. The number of guanidine groups is 1. The quantitative estimate of drug-likeness (QED) is 0.441. The molecule has 0 bridgehead atoms. The first-order valence-electron chi connectivity index (χ1n) is 7.13. The van der Waals surface area contributed by atoms with Crippen molar-refractivity contribution in [2.24, 2.45) is 4.99 Å². The normalized spacial score (nSPS) is 20.3. The fourth-order valence-corrected chi connectivity index (χ4v) is 3.67. The van der Waals surface area contributed by atoms with Crippen molar-refractivity contribution < 1.29 is 12.8 Å². The maximum Gasteiger partial charge on any atom is 0.194 e. The van der Waals surface area contributed by atoms with Gasteiger partial charge in [-0.15, -0.1) is 24.0 Å². The van der Waals surface area contributed by atoms with Gasteiger partial charge >= 0.3 is 0 Å². The van der Waals surface area contributed by atoms with Gasteiger partial charge < -0.3 is 14.6 Å². The van der Waals surface area contributed by atoms with E-state index >= 15 is 0 Å². The number of hydrogen-bond donors (Lipinski definition) is 1. The Morgan fingerprint density at radius 3 is 2.77 bits per heavy atom. The van der Waals surface area contributed by atoms with Crippen LogP contribution in [-0.2, 0) is 16.4 Å². The molecule has 1 aliphatic heterocycles. The van der Waals surface area contributed by atoms with E-state index in [1.165, 1.54) is 0 Å². The number of rotatable bonds is 3. The lowest BCUT2D eigenvalue weighted by atomic mass is 10.2. The van der Waals surface area contributed by atoms with E-state index in [1.807, 2.05) is 24.0 Å². The van der Waals surface area contributed by atoms with Crippen LogP contribution in [0.4, 0.5) is 0 Å². The highest BCUT2D eigenvalue weighted by Crippen LogP contribution is 2.23. The highest BCUT2D eigenvalue weighted by atomic mass is 127. The summed E-state index contributed by atoms with van der Waals surface area (Å²) in [6, 6.07) is 3.70. The molecule has 0 spiro atoms. The van der Waals surface area contributed by atoms with E-state index in [0.29, 0.717) is 19.6 Å². The van der Waals surface area contributed by atoms with E-state index < -0.39 is 14.6 Å². The minimum absolute atomic E-state index is 0. The molecule has 22 heavy (non-hydrogen) atoms. The predicted molar refractivity (Wildman–Crippen MR) is 98.4 cm³/mol. The number of sulfone groups is 1. The van der Waals surface area contributed by atoms with Crippen LogP contribution in [0, 0.1) is 0 Å². The first-order valence-corrected chi connectivity index (χ1v) is 8.79. The zero-order valence-corrected chi connectivity index (χ0v) is 16.4. The monoisotopic (exact) mass is 441 g/mol. The van der Waals surface area contributed by atoms with Gasteiger partial charge in [-0.3, -0.25) is 0 Å². The Balaban J connectivity index is 0.00000242. The average molecular weight is 441 g/mol. The molecule has 1 aromatic heterocycles. The zero-order chi connectivity index (χ0) is 15.5. The smallest absolute Gasteiger partial charge is 0.194 e. The molecule has 0 radical (unpaired) electrons. The summed E-state index contributed by atoms with van der Waals surface area (Å²) in [5.41, 5.74) is 0. The molecular weight excluding hydrogens is 417 g/mol. The highest BCUT2D eigenvalue weighted by molar-refractivity contribution is 14.0. The van der Waals surface area contributed by atoms with Crippen molar-refractivity contribution in [1.29, 1.82) is 0 Å². The minimum atomic E-state index is -3.04. The van der Waals surface area contributed by atoms with Crippen molar-refractivity contribution in [2.75, 3.05) is 25.4 Å². The second kappa shape index (κ2) is 7.67. The van der Waals surface area contributed by atoms with E-state index in [9.17, 15) is 8.42 Å². The average Bonchev–Trinajstić information content (AvgIpc) is 2.91. The number of nitrogens with zero attached hydrogens (tertiary/aromatic N) is 2. The molecular formula is C14H24IN3O3S. The summed E-state index contributed by atoms with van der Waals surface area (Å²) in [6.45, 7) is 7.62. The molecule has 126 valence electrons. The topological polar surface area (TPSA) is 74.9 Å². The van der Waals surface area contributed by atoms with E-state index in [2.05, 4.69) is 10.3 Å². The van der Waals surface area contributed by atoms with Gasteiger partial charge in [-0.1, -0.05) is 0 Å². The fraction of sp³-hybridized carbons (Fsp3) is 0.643. The molecule has 0 aromatic carbocycles. The Morgan fingerprint density at radius 2 is 2.23 bits per heavy atom. The van der Waals surface area contributed by atoms with Crippen LogP contribution in [0.15, 0.2) is 27.8 Å². The Hall–Kier alpha value is -0.770. The summed E-state index contributed by atoms with van der Waals surface area (Å²) in [6.07, 6.45) is 1.62. The van der Waals surface area contributed by atoms with Gasteiger partial charge in [0.05, 0.1) is 16.8 Å². The van der Waals surface area contributed by atoms with Gasteiger partial charge in [-0.05, 0) is 32.9 Å². The lowest BCUT2D eigenvalue weighted by Crippen LogP contribution is -2.57. The van der Waals surface area contributed by atoms with Crippen LogP contribution in [0.5, 0.6) is 0 Å². The number of halogens is 1. The summed E-state index contributed by atoms with van der Waals surface area (Å²) in [4.78, 5) is 6.54. The molecule has 0 amide bonds. The Morgan fingerprint density at radius 1 is 1.50 bits per heavy atom. The third-order valence-corrected chi connectivity index (χ3v) is 6.18. The maximum atomic E-state index is 12.1. The van der Waals surface area contributed by atoms with Gasteiger partial charge in [0, 0.05) is 19.6 Å². The summed E-state index contributed by atoms with van der Waals surface area (Å²) < 4.78 is 28.7. The van der Waals surface area contributed by atoms with E-state index in [0.717, 1.165) is 18.3 Å². The standard InChI is InChI=1S/C14H23N3O3S.HI/c1-4-15-13(16-10-12-6-5-8-20-12)17-7-9-21(18,19)14(2,3)11-17;/h5-6,8H,4,7,9-11H2,1-3H3,(H,15,16);1H. The molecule has 0 atom stereocenters. The van der Waals surface area contributed by atoms with Crippen molar-refractivity contribution in [2.45, 2.75) is 32.1 Å². The van der Waals surface area contributed by atoms with Crippen molar-refractivity contribution in [1.82, 2.24) is 10.2 Å². The van der Waals surface area contributed by atoms with Crippen LogP contribution < -0.4 is 5.32 Å². The first-order chi connectivity index (χ1) is 9.86. The van der Waals surface area contributed by atoms with Crippen molar-refractivity contribution >= 4 is 39.8 Å². The summed E-state index contributed by atoms with van der Waals surface area (Å²) in [7, 11) is -3.04. The number of aliphatic imine (C=N–C) groups is 1. The molecule has 1 N–H and O–H groups in total. The van der Waals surface area contributed by atoms with Crippen LogP contribution in [0.1, 0.15) is 26.5 Å². The Kier molecular flexibility index (Phi) is 6.72. The van der Waals surface area contributed by atoms with E-state index in [1.54, 1.807) is 20.1 Å².